The van der Waals surface area contributed by atoms with Gasteiger partial charge in [-0.15, -0.1) is 0 Å². The van der Waals surface area contributed by atoms with Gasteiger partial charge in [0.25, 0.3) is 0 Å². The van der Waals surface area contributed by atoms with Gasteiger partial charge in [0.05, 0.1) is 11.7 Å². The number of nitrogens with one attached hydrogen (secondary N) is 2. The molecule has 1 aromatic heterocycles. The maximum Gasteiger partial charge on any atom is 0.0670 e. The number of aryl methyl sites for hydroxylation is 1. The average molecular weight is 251 g/mol. The van der Waals surface area contributed by atoms with Crippen LogP contribution >= 0.6 is 0 Å². The van der Waals surface area contributed by atoms with Crippen molar-refractivity contribution in [2.45, 2.75) is 19.9 Å². The van der Waals surface area contributed by atoms with Crippen molar-refractivity contribution in [3.63, 3.8) is 0 Å². The summed E-state index contributed by atoms with van der Waals surface area (Å²) >= 11 is 0. The summed E-state index contributed by atoms with van der Waals surface area (Å²) in [6.07, 6.45) is 1.84. The Morgan fingerprint density at radius 2 is 2.05 bits per heavy atom. The second-order valence-electron chi connectivity index (χ2n) is 4.95. The Hall–Kier alpha value is -2.29. The molecule has 1 heterocycles. The van der Waals surface area contributed by atoms with Gasteiger partial charge in [-0.3, -0.25) is 5.10 Å². The molecule has 1 atom stereocenters. The van der Waals surface area contributed by atoms with Crippen LogP contribution in [0.25, 0.3) is 10.9 Å². The summed E-state index contributed by atoms with van der Waals surface area (Å²) < 4.78 is 0. The third-order valence-corrected chi connectivity index (χ3v) is 3.37. The molecule has 3 rings (SSSR count). The van der Waals surface area contributed by atoms with Crippen LogP contribution in [0.3, 0.4) is 0 Å². The number of aromatic amines is 1. The molecule has 3 nitrogen and oxygen atoms in total. The van der Waals surface area contributed by atoms with Crippen LogP contribution in [-0.2, 0) is 0 Å². The van der Waals surface area contributed by atoms with E-state index >= 15 is 0 Å². The summed E-state index contributed by atoms with van der Waals surface area (Å²) in [4.78, 5) is 0. The minimum absolute atomic E-state index is 0.278. The van der Waals surface area contributed by atoms with E-state index in [9.17, 15) is 0 Å². The number of aromatic nitrogens is 2. The van der Waals surface area contributed by atoms with Gasteiger partial charge in [0.1, 0.15) is 0 Å². The van der Waals surface area contributed by atoms with E-state index in [4.69, 9.17) is 0 Å². The van der Waals surface area contributed by atoms with Crippen LogP contribution in [0.1, 0.15) is 24.1 Å². The lowest BCUT2D eigenvalue weighted by atomic mass is 10.1. The molecule has 19 heavy (non-hydrogen) atoms. The van der Waals surface area contributed by atoms with E-state index in [1.165, 1.54) is 11.1 Å². The highest BCUT2D eigenvalue weighted by Gasteiger charge is 2.06. The van der Waals surface area contributed by atoms with Crippen molar-refractivity contribution in [3.8, 4) is 0 Å². The van der Waals surface area contributed by atoms with Gasteiger partial charge in [-0.25, -0.2) is 0 Å². The Labute approximate surface area is 112 Å². The lowest BCUT2D eigenvalue weighted by molar-refractivity contribution is 0.883. The predicted octanol–water partition coefficient (Wildman–Crippen LogP) is 4.04. The molecule has 0 radical (unpaired) electrons. The second-order valence-corrected chi connectivity index (χ2v) is 4.95. The number of H-pyrrole nitrogens is 1. The van der Waals surface area contributed by atoms with E-state index < -0.39 is 0 Å². The fourth-order valence-electron chi connectivity index (χ4n) is 2.30. The summed E-state index contributed by atoms with van der Waals surface area (Å²) in [6, 6.07) is 15.1. The van der Waals surface area contributed by atoms with Gasteiger partial charge in [0, 0.05) is 17.1 Å². The van der Waals surface area contributed by atoms with Crippen molar-refractivity contribution < 1.29 is 0 Å². The zero-order valence-electron chi connectivity index (χ0n) is 11.1. The normalized spacial score (nSPS) is 12.5. The number of anilines is 1. The minimum atomic E-state index is 0.278. The van der Waals surface area contributed by atoms with Crippen molar-refractivity contribution >= 4 is 16.6 Å². The third kappa shape index (κ3) is 2.45. The van der Waals surface area contributed by atoms with Crippen LogP contribution < -0.4 is 5.32 Å². The van der Waals surface area contributed by atoms with E-state index in [2.05, 4.69) is 71.8 Å². The lowest BCUT2D eigenvalue weighted by Gasteiger charge is -2.16. The number of hydrogen-bond acceptors (Lipinski definition) is 2. The molecule has 0 fully saturated rings. The van der Waals surface area contributed by atoms with E-state index in [0.29, 0.717) is 0 Å². The summed E-state index contributed by atoms with van der Waals surface area (Å²) in [5.74, 6) is 0. The quantitative estimate of drug-likeness (QED) is 0.737. The van der Waals surface area contributed by atoms with Gasteiger partial charge < -0.3 is 5.32 Å². The van der Waals surface area contributed by atoms with Gasteiger partial charge in [0.15, 0.2) is 0 Å². The summed E-state index contributed by atoms with van der Waals surface area (Å²) in [5.41, 5.74) is 4.74. The van der Waals surface area contributed by atoms with Crippen molar-refractivity contribution in [1.29, 1.82) is 0 Å². The molecule has 0 amide bonds. The van der Waals surface area contributed by atoms with Crippen LogP contribution in [0.5, 0.6) is 0 Å². The zero-order valence-corrected chi connectivity index (χ0v) is 11.1. The Morgan fingerprint density at radius 1 is 1.16 bits per heavy atom. The van der Waals surface area contributed by atoms with Crippen LogP contribution in [-0.4, -0.2) is 10.2 Å². The first-order valence-electron chi connectivity index (χ1n) is 6.48. The van der Waals surface area contributed by atoms with Crippen LogP contribution in [0, 0.1) is 6.92 Å². The molecule has 0 bridgehead atoms. The van der Waals surface area contributed by atoms with Crippen LogP contribution in [0.4, 0.5) is 5.69 Å². The van der Waals surface area contributed by atoms with Crippen molar-refractivity contribution in [3.05, 3.63) is 59.8 Å². The lowest BCUT2D eigenvalue weighted by Crippen LogP contribution is -2.06. The number of rotatable bonds is 3. The van der Waals surface area contributed by atoms with E-state index in [1.807, 2.05) is 6.20 Å². The van der Waals surface area contributed by atoms with Gasteiger partial charge >= 0.3 is 0 Å². The maximum atomic E-state index is 4.04. The first kappa shape index (κ1) is 11.8. The van der Waals surface area contributed by atoms with Crippen molar-refractivity contribution in [1.82, 2.24) is 10.2 Å². The smallest absolute Gasteiger partial charge is 0.0670 e. The summed E-state index contributed by atoms with van der Waals surface area (Å²) in [5, 5.41) is 11.7. The minimum Gasteiger partial charge on any atom is -0.378 e. The molecular formula is C16H17N3. The zero-order chi connectivity index (χ0) is 13.2. The molecule has 0 aliphatic carbocycles. The van der Waals surface area contributed by atoms with Gasteiger partial charge in [-0.2, -0.15) is 5.10 Å². The number of nitrogens with zero attached hydrogens (tertiary/aromatic N) is 1. The second kappa shape index (κ2) is 4.76. The highest BCUT2D eigenvalue weighted by molar-refractivity contribution is 5.81. The van der Waals surface area contributed by atoms with Crippen LogP contribution in [0.2, 0.25) is 0 Å². The molecule has 0 aliphatic rings. The Balaban J connectivity index is 1.83. The third-order valence-electron chi connectivity index (χ3n) is 3.37. The Morgan fingerprint density at radius 3 is 2.89 bits per heavy atom. The molecule has 0 saturated carbocycles. The Bertz CT molecular complexity index is 700. The highest BCUT2D eigenvalue weighted by Crippen LogP contribution is 2.22. The standard InChI is InChI=1S/C16H17N3/c1-11-4-3-5-13(8-11)12(2)18-15-7-6-14-10-17-19-16(14)9-15/h3-10,12,18H,1-2H3,(H,17,19). The topological polar surface area (TPSA) is 40.7 Å². The van der Waals surface area contributed by atoms with Crippen molar-refractivity contribution in [2.24, 2.45) is 0 Å². The molecular weight excluding hydrogens is 234 g/mol. The Kier molecular flexibility index (Phi) is 2.95. The number of hydrogen-bond donors (Lipinski definition) is 2. The summed E-state index contributed by atoms with van der Waals surface area (Å²) in [6.45, 7) is 4.29. The maximum absolute atomic E-state index is 4.04. The predicted molar refractivity (Wildman–Crippen MR) is 79.3 cm³/mol. The molecule has 1 unspecified atom stereocenters. The van der Waals surface area contributed by atoms with Gasteiger partial charge in [-0.1, -0.05) is 29.8 Å². The van der Waals surface area contributed by atoms with Crippen molar-refractivity contribution in [2.75, 3.05) is 5.32 Å². The molecule has 0 saturated heterocycles. The highest BCUT2D eigenvalue weighted by atomic mass is 15.1. The van der Waals surface area contributed by atoms with Gasteiger partial charge in [-0.05, 0) is 37.6 Å². The average Bonchev–Trinajstić information content (AvgIpc) is 2.86. The number of fused-ring (bicyclic) bond motifs is 1. The first-order chi connectivity index (χ1) is 9.22. The summed E-state index contributed by atoms with van der Waals surface area (Å²) in [7, 11) is 0. The fourth-order valence-corrected chi connectivity index (χ4v) is 2.30. The molecule has 2 N–H and O–H groups in total. The first-order valence-corrected chi connectivity index (χ1v) is 6.48. The van der Waals surface area contributed by atoms with E-state index in [1.54, 1.807) is 0 Å². The van der Waals surface area contributed by atoms with Crippen LogP contribution in [0.15, 0.2) is 48.7 Å². The molecule has 3 heteroatoms. The van der Waals surface area contributed by atoms with Gasteiger partial charge in [0.2, 0.25) is 0 Å². The van der Waals surface area contributed by atoms with E-state index in [0.717, 1.165) is 16.6 Å². The molecule has 2 aromatic carbocycles. The monoisotopic (exact) mass is 251 g/mol. The largest absolute Gasteiger partial charge is 0.378 e. The molecule has 96 valence electrons. The molecule has 0 spiro atoms. The number of benzene rings is 2. The van der Waals surface area contributed by atoms with E-state index in [-0.39, 0.29) is 6.04 Å². The molecule has 0 aliphatic heterocycles. The SMILES string of the molecule is Cc1cccc(C(C)Nc2ccc3cn[nH]c3c2)c1. The molecule has 3 aromatic rings. The fraction of sp³-hybridized carbons (Fsp3) is 0.188.